The van der Waals surface area contributed by atoms with Gasteiger partial charge in [-0.3, -0.25) is 4.79 Å². The van der Waals surface area contributed by atoms with E-state index < -0.39 is 6.04 Å². The molecule has 104 valence electrons. The molecule has 2 N–H and O–H groups in total. The maximum absolute atomic E-state index is 13.2. The van der Waals surface area contributed by atoms with Crippen LogP contribution >= 0.6 is 0 Å². The Morgan fingerprint density at radius 1 is 1.47 bits per heavy atom. The molecule has 1 amide bonds. The number of hydrogen-bond donors (Lipinski definition) is 1. The summed E-state index contributed by atoms with van der Waals surface area (Å²) in [6.07, 6.45) is 2.04. The van der Waals surface area contributed by atoms with Gasteiger partial charge in [-0.1, -0.05) is 26.0 Å². The molecular weight excluding hydrogens is 243 g/mol. The maximum atomic E-state index is 13.2. The van der Waals surface area contributed by atoms with Crippen LogP contribution in [0, 0.1) is 11.7 Å². The summed E-state index contributed by atoms with van der Waals surface area (Å²) in [5.41, 5.74) is 6.76. The summed E-state index contributed by atoms with van der Waals surface area (Å²) in [6.45, 7) is 4.33. The number of amides is 1. The monoisotopic (exact) mass is 264 g/mol. The molecule has 1 aromatic rings. The zero-order chi connectivity index (χ0) is 14.0. The van der Waals surface area contributed by atoms with Crippen LogP contribution in [-0.2, 0) is 11.3 Å². The second-order valence-electron chi connectivity index (χ2n) is 5.60. The Hall–Kier alpha value is -1.42. The zero-order valence-corrected chi connectivity index (χ0v) is 11.5. The van der Waals surface area contributed by atoms with E-state index in [-0.39, 0.29) is 23.7 Å². The lowest BCUT2D eigenvalue weighted by molar-refractivity contribution is -0.134. The first kappa shape index (κ1) is 14.0. The average molecular weight is 264 g/mol. The number of carbonyl (C=O) groups excluding carboxylic acids is 1. The van der Waals surface area contributed by atoms with Gasteiger partial charge in [-0.05, 0) is 36.5 Å². The highest BCUT2D eigenvalue weighted by Gasteiger charge is 2.35. The molecule has 0 bridgehead atoms. The molecular formula is C15H21FN2O. The minimum absolute atomic E-state index is 0.0261. The van der Waals surface area contributed by atoms with Gasteiger partial charge in [0.25, 0.3) is 0 Å². The van der Waals surface area contributed by atoms with Gasteiger partial charge in [0, 0.05) is 12.6 Å². The van der Waals surface area contributed by atoms with E-state index in [2.05, 4.69) is 0 Å². The highest BCUT2D eigenvalue weighted by molar-refractivity contribution is 5.82. The van der Waals surface area contributed by atoms with Gasteiger partial charge in [-0.15, -0.1) is 0 Å². The molecule has 1 atom stereocenters. The Kier molecular flexibility index (Phi) is 4.20. The van der Waals surface area contributed by atoms with Crippen LogP contribution in [-0.4, -0.2) is 22.9 Å². The predicted octanol–water partition coefficient (Wildman–Crippen LogP) is 2.30. The van der Waals surface area contributed by atoms with Gasteiger partial charge in [-0.2, -0.15) is 0 Å². The molecule has 0 saturated heterocycles. The van der Waals surface area contributed by atoms with Crippen molar-refractivity contribution in [3.63, 3.8) is 0 Å². The lowest BCUT2D eigenvalue weighted by Gasteiger charge is -2.27. The van der Waals surface area contributed by atoms with Crippen molar-refractivity contribution < 1.29 is 9.18 Å². The van der Waals surface area contributed by atoms with E-state index in [1.54, 1.807) is 11.0 Å². The van der Waals surface area contributed by atoms with Crippen LogP contribution < -0.4 is 5.73 Å². The number of nitrogens with two attached hydrogens (primary N) is 1. The van der Waals surface area contributed by atoms with Gasteiger partial charge in [-0.25, -0.2) is 4.39 Å². The fourth-order valence-electron chi connectivity index (χ4n) is 2.08. The standard InChI is InChI=1S/C15H21FN2O/c1-10(2)14(17)15(19)18(13-6-7-13)9-11-4-3-5-12(16)8-11/h3-5,8,10,13-14H,6-7,9,17H2,1-2H3/t14-/m1/s1. The van der Waals surface area contributed by atoms with Crippen molar-refractivity contribution in [2.24, 2.45) is 11.7 Å². The van der Waals surface area contributed by atoms with Gasteiger partial charge in [0.05, 0.1) is 6.04 Å². The third-order valence-corrected chi connectivity index (χ3v) is 3.52. The lowest BCUT2D eigenvalue weighted by Crippen LogP contribution is -2.47. The highest BCUT2D eigenvalue weighted by atomic mass is 19.1. The van der Waals surface area contributed by atoms with Crippen LogP contribution in [0.15, 0.2) is 24.3 Å². The molecule has 4 heteroatoms. The van der Waals surface area contributed by atoms with E-state index in [4.69, 9.17) is 5.73 Å². The highest BCUT2D eigenvalue weighted by Crippen LogP contribution is 2.29. The van der Waals surface area contributed by atoms with Crippen molar-refractivity contribution in [3.8, 4) is 0 Å². The van der Waals surface area contributed by atoms with Crippen LogP contribution in [0.25, 0.3) is 0 Å². The van der Waals surface area contributed by atoms with Crippen molar-refractivity contribution in [2.75, 3.05) is 0 Å². The molecule has 19 heavy (non-hydrogen) atoms. The fraction of sp³-hybridized carbons (Fsp3) is 0.533. The first-order valence-corrected chi connectivity index (χ1v) is 6.79. The zero-order valence-electron chi connectivity index (χ0n) is 11.5. The van der Waals surface area contributed by atoms with Crippen molar-refractivity contribution in [2.45, 2.75) is 45.3 Å². The van der Waals surface area contributed by atoms with Gasteiger partial charge >= 0.3 is 0 Å². The molecule has 1 fully saturated rings. The second-order valence-corrected chi connectivity index (χ2v) is 5.60. The van der Waals surface area contributed by atoms with Gasteiger partial charge in [0.15, 0.2) is 0 Å². The number of hydrogen-bond acceptors (Lipinski definition) is 2. The van der Waals surface area contributed by atoms with E-state index >= 15 is 0 Å². The quantitative estimate of drug-likeness (QED) is 0.887. The van der Waals surface area contributed by atoms with E-state index in [0.717, 1.165) is 18.4 Å². The third-order valence-electron chi connectivity index (χ3n) is 3.52. The average Bonchev–Trinajstić information content (AvgIpc) is 3.18. The molecule has 1 aromatic carbocycles. The molecule has 3 nitrogen and oxygen atoms in total. The number of benzene rings is 1. The lowest BCUT2D eigenvalue weighted by atomic mass is 10.0. The van der Waals surface area contributed by atoms with Gasteiger partial charge < -0.3 is 10.6 Å². The number of rotatable bonds is 5. The Morgan fingerprint density at radius 3 is 2.68 bits per heavy atom. The van der Waals surface area contributed by atoms with Crippen molar-refractivity contribution in [1.29, 1.82) is 0 Å². The van der Waals surface area contributed by atoms with Crippen LogP contribution in [0.5, 0.6) is 0 Å². The second kappa shape index (κ2) is 5.70. The molecule has 1 aliphatic carbocycles. The summed E-state index contributed by atoms with van der Waals surface area (Å²) in [4.78, 5) is 14.2. The molecule has 1 aliphatic rings. The minimum atomic E-state index is -0.478. The van der Waals surface area contributed by atoms with E-state index in [9.17, 15) is 9.18 Å². The number of carbonyl (C=O) groups is 1. The SMILES string of the molecule is CC(C)[C@@H](N)C(=O)N(Cc1cccc(F)c1)C1CC1. The largest absolute Gasteiger partial charge is 0.334 e. The predicted molar refractivity (Wildman–Crippen MR) is 72.8 cm³/mol. The minimum Gasteiger partial charge on any atom is -0.334 e. The topological polar surface area (TPSA) is 46.3 Å². The normalized spacial score (nSPS) is 16.5. The molecule has 0 heterocycles. The first-order chi connectivity index (χ1) is 8.99. The third kappa shape index (κ3) is 3.53. The molecule has 0 aliphatic heterocycles. The molecule has 2 rings (SSSR count). The first-order valence-electron chi connectivity index (χ1n) is 6.79. The summed E-state index contributed by atoms with van der Waals surface area (Å²) >= 11 is 0. The smallest absolute Gasteiger partial charge is 0.240 e. The molecule has 0 unspecified atom stereocenters. The Balaban J connectivity index is 2.10. The van der Waals surface area contributed by atoms with Crippen LogP contribution in [0.1, 0.15) is 32.3 Å². The van der Waals surface area contributed by atoms with Gasteiger partial charge in [0.1, 0.15) is 5.82 Å². The van der Waals surface area contributed by atoms with Crippen molar-refractivity contribution >= 4 is 5.91 Å². The Bertz CT molecular complexity index is 457. The molecule has 0 radical (unpaired) electrons. The van der Waals surface area contributed by atoms with E-state index in [1.165, 1.54) is 12.1 Å². The van der Waals surface area contributed by atoms with Crippen molar-refractivity contribution in [1.82, 2.24) is 4.90 Å². The van der Waals surface area contributed by atoms with Gasteiger partial charge in [0.2, 0.25) is 5.91 Å². The van der Waals surface area contributed by atoms with Crippen molar-refractivity contribution in [3.05, 3.63) is 35.6 Å². The van der Waals surface area contributed by atoms with E-state index in [1.807, 2.05) is 19.9 Å². The summed E-state index contributed by atoms with van der Waals surface area (Å²) in [5.74, 6) is -0.183. The Labute approximate surface area is 113 Å². The number of nitrogens with zero attached hydrogens (tertiary/aromatic N) is 1. The maximum Gasteiger partial charge on any atom is 0.240 e. The van der Waals surface area contributed by atoms with Crippen LogP contribution in [0.3, 0.4) is 0 Å². The fourth-order valence-corrected chi connectivity index (χ4v) is 2.08. The summed E-state index contributed by atoms with van der Waals surface area (Å²) in [6, 6.07) is 6.19. The summed E-state index contributed by atoms with van der Waals surface area (Å²) in [7, 11) is 0. The van der Waals surface area contributed by atoms with Crippen LogP contribution in [0.4, 0.5) is 4.39 Å². The number of halogens is 1. The summed E-state index contributed by atoms with van der Waals surface area (Å²) < 4.78 is 13.2. The molecule has 0 aromatic heterocycles. The summed E-state index contributed by atoms with van der Waals surface area (Å²) in [5, 5.41) is 0. The van der Waals surface area contributed by atoms with Crippen LogP contribution in [0.2, 0.25) is 0 Å². The Morgan fingerprint density at radius 2 is 2.16 bits per heavy atom. The molecule has 0 spiro atoms. The van der Waals surface area contributed by atoms with E-state index in [0.29, 0.717) is 6.54 Å². The molecule has 1 saturated carbocycles.